The highest BCUT2D eigenvalue weighted by atomic mass is 16.5. The summed E-state index contributed by atoms with van der Waals surface area (Å²) in [7, 11) is 4.63. The van der Waals surface area contributed by atoms with Crippen molar-refractivity contribution in [2.45, 2.75) is 32.2 Å². The van der Waals surface area contributed by atoms with E-state index in [-0.39, 0.29) is 35.6 Å². The molecule has 27 heavy (non-hydrogen) atoms. The number of aromatic nitrogens is 3. The SMILES string of the molecule is COc1nc(C(=O)N2CCC3(CC2)C(=O)N(C)C(=O)N3CC(C)C)nn1C. The van der Waals surface area contributed by atoms with Crippen LogP contribution in [0.4, 0.5) is 4.79 Å². The normalized spacial score (nSPS) is 19.6. The predicted molar refractivity (Wildman–Crippen MR) is 95.1 cm³/mol. The summed E-state index contributed by atoms with van der Waals surface area (Å²) in [5.74, 6) is -0.174. The van der Waals surface area contributed by atoms with Crippen LogP contribution >= 0.6 is 0 Å². The molecule has 0 unspecified atom stereocenters. The molecule has 0 saturated carbocycles. The summed E-state index contributed by atoms with van der Waals surface area (Å²) >= 11 is 0. The Bertz CT molecular complexity index is 765. The summed E-state index contributed by atoms with van der Waals surface area (Å²) < 4.78 is 6.45. The Morgan fingerprint density at radius 3 is 2.37 bits per heavy atom. The highest BCUT2D eigenvalue weighted by molar-refractivity contribution is 6.07. The van der Waals surface area contributed by atoms with Crippen molar-refractivity contribution in [3.05, 3.63) is 5.82 Å². The predicted octanol–water partition coefficient (Wildman–Crippen LogP) is 0.349. The van der Waals surface area contributed by atoms with Gasteiger partial charge in [-0.2, -0.15) is 4.98 Å². The first-order chi connectivity index (χ1) is 12.7. The minimum Gasteiger partial charge on any atom is -0.467 e. The second kappa shape index (κ2) is 6.82. The molecule has 2 aliphatic heterocycles. The zero-order valence-electron chi connectivity index (χ0n) is 16.4. The highest BCUT2D eigenvalue weighted by Crippen LogP contribution is 2.37. The number of piperidine rings is 1. The van der Waals surface area contributed by atoms with Crippen LogP contribution in [0.25, 0.3) is 0 Å². The molecular formula is C17H26N6O4. The zero-order chi connectivity index (χ0) is 19.9. The smallest absolute Gasteiger partial charge is 0.327 e. The van der Waals surface area contributed by atoms with Crippen molar-refractivity contribution >= 4 is 17.8 Å². The third-order valence-electron chi connectivity index (χ3n) is 5.26. The van der Waals surface area contributed by atoms with Crippen LogP contribution in [0.15, 0.2) is 0 Å². The third kappa shape index (κ3) is 3.02. The number of carbonyl (C=O) groups is 3. The zero-order valence-corrected chi connectivity index (χ0v) is 16.4. The van der Waals surface area contributed by atoms with E-state index in [0.29, 0.717) is 32.5 Å². The second-order valence-corrected chi connectivity index (χ2v) is 7.52. The maximum absolute atomic E-state index is 12.8. The maximum Gasteiger partial charge on any atom is 0.327 e. The number of methoxy groups -OCH3 is 1. The topological polar surface area (TPSA) is 101 Å². The van der Waals surface area contributed by atoms with E-state index in [1.165, 1.54) is 23.7 Å². The summed E-state index contributed by atoms with van der Waals surface area (Å²) in [6.45, 7) is 5.27. The number of imide groups is 1. The lowest BCUT2D eigenvalue weighted by molar-refractivity contribution is -0.134. The Morgan fingerprint density at radius 2 is 1.85 bits per heavy atom. The van der Waals surface area contributed by atoms with Gasteiger partial charge < -0.3 is 14.5 Å². The van der Waals surface area contributed by atoms with Crippen molar-refractivity contribution in [3.8, 4) is 6.01 Å². The largest absolute Gasteiger partial charge is 0.467 e. The molecule has 1 aromatic heterocycles. The molecule has 148 valence electrons. The molecule has 0 radical (unpaired) electrons. The van der Waals surface area contributed by atoms with Crippen LogP contribution in [0.1, 0.15) is 37.3 Å². The minimum absolute atomic E-state index is 0.0651. The maximum atomic E-state index is 12.8. The number of ether oxygens (including phenoxy) is 1. The summed E-state index contributed by atoms with van der Waals surface area (Å²) in [6, 6.07) is -0.00210. The van der Waals surface area contributed by atoms with Gasteiger partial charge in [0.2, 0.25) is 5.82 Å². The van der Waals surface area contributed by atoms with Crippen molar-refractivity contribution in [2.24, 2.45) is 13.0 Å². The second-order valence-electron chi connectivity index (χ2n) is 7.52. The van der Waals surface area contributed by atoms with Crippen LogP contribution in [-0.2, 0) is 11.8 Å². The molecule has 4 amide bonds. The number of rotatable bonds is 4. The first-order valence-corrected chi connectivity index (χ1v) is 9.05. The molecule has 0 bridgehead atoms. The van der Waals surface area contributed by atoms with Crippen molar-refractivity contribution in [1.29, 1.82) is 0 Å². The molecule has 0 aliphatic carbocycles. The van der Waals surface area contributed by atoms with Gasteiger partial charge in [-0.1, -0.05) is 13.8 Å². The van der Waals surface area contributed by atoms with Crippen LogP contribution in [0.3, 0.4) is 0 Å². The lowest BCUT2D eigenvalue weighted by Gasteiger charge is -2.42. The van der Waals surface area contributed by atoms with E-state index in [1.54, 1.807) is 16.8 Å². The minimum atomic E-state index is -0.859. The van der Waals surface area contributed by atoms with Gasteiger partial charge in [0.25, 0.3) is 11.8 Å². The first kappa shape index (κ1) is 19.1. The van der Waals surface area contributed by atoms with Crippen molar-refractivity contribution < 1.29 is 19.1 Å². The summed E-state index contributed by atoms with van der Waals surface area (Å²) in [5, 5.41) is 4.09. The van der Waals surface area contributed by atoms with Gasteiger partial charge in [0.05, 0.1) is 7.11 Å². The van der Waals surface area contributed by atoms with Crippen LogP contribution in [0.5, 0.6) is 6.01 Å². The Balaban J connectivity index is 1.77. The van der Waals surface area contributed by atoms with Gasteiger partial charge in [-0.15, -0.1) is 5.10 Å². The molecule has 1 spiro atoms. The average molecular weight is 378 g/mol. The van der Waals surface area contributed by atoms with E-state index in [9.17, 15) is 14.4 Å². The average Bonchev–Trinajstić information content (AvgIpc) is 3.10. The summed E-state index contributed by atoms with van der Waals surface area (Å²) in [5.41, 5.74) is -0.859. The molecule has 0 atom stereocenters. The summed E-state index contributed by atoms with van der Waals surface area (Å²) in [4.78, 5) is 46.7. The van der Waals surface area contributed by atoms with Gasteiger partial charge in [0.1, 0.15) is 5.54 Å². The number of likely N-dealkylation sites (tertiary alicyclic amines) is 1. The van der Waals surface area contributed by atoms with E-state index in [0.717, 1.165) is 0 Å². The van der Waals surface area contributed by atoms with Gasteiger partial charge in [-0.25, -0.2) is 9.48 Å². The number of nitrogens with zero attached hydrogens (tertiary/aromatic N) is 6. The van der Waals surface area contributed by atoms with Gasteiger partial charge in [-0.05, 0) is 18.8 Å². The molecule has 10 nitrogen and oxygen atoms in total. The van der Waals surface area contributed by atoms with E-state index in [4.69, 9.17) is 4.74 Å². The fourth-order valence-corrected chi connectivity index (χ4v) is 3.84. The van der Waals surface area contributed by atoms with Crippen LogP contribution < -0.4 is 4.74 Å². The molecular weight excluding hydrogens is 352 g/mol. The lowest BCUT2D eigenvalue weighted by Crippen LogP contribution is -2.58. The van der Waals surface area contributed by atoms with Crippen molar-refractivity contribution in [3.63, 3.8) is 0 Å². The Hall–Kier alpha value is -2.65. The van der Waals surface area contributed by atoms with E-state index in [1.807, 2.05) is 13.8 Å². The molecule has 10 heteroatoms. The van der Waals surface area contributed by atoms with Gasteiger partial charge in [-0.3, -0.25) is 14.5 Å². The highest BCUT2D eigenvalue weighted by Gasteiger charge is 2.57. The number of likely N-dealkylation sites (N-methyl/N-ethyl adjacent to an activating group) is 1. The number of urea groups is 1. The number of carbonyl (C=O) groups excluding carboxylic acids is 3. The Morgan fingerprint density at radius 1 is 1.22 bits per heavy atom. The Kier molecular flexibility index (Phi) is 4.83. The molecule has 1 aromatic rings. The van der Waals surface area contributed by atoms with Gasteiger partial charge in [0, 0.05) is 33.7 Å². The molecule has 3 rings (SSSR count). The number of hydrogen-bond donors (Lipinski definition) is 0. The fraction of sp³-hybridized carbons (Fsp3) is 0.706. The third-order valence-corrected chi connectivity index (χ3v) is 5.26. The van der Waals surface area contributed by atoms with Gasteiger partial charge in [0.15, 0.2) is 0 Å². The molecule has 2 aliphatic rings. The molecule has 2 fully saturated rings. The van der Waals surface area contributed by atoms with Crippen molar-refractivity contribution in [2.75, 3.05) is 33.8 Å². The lowest BCUT2D eigenvalue weighted by atomic mass is 9.85. The standard InChI is InChI=1S/C17H26N6O4/c1-11(2)10-23-16(26)20(3)14(25)17(23)6-8-22(9-7-17)13(24)12-18-15(27-5)21(4)19-12/h11H,6-10H2,1-5H3. The Labute approximate surface area is 158 Å². The number of hydrogen-bond acceptors (Lipinski definition) is 6. The van der Waals surface area contributed by atoms with Crippen LogP contribution in [-0.4, -0.2) is 86.6 Å². The van der Waals surface area contributed by atoms with E-state index >= 15 is 0 Å². The molecule has 0 aromatic carbocycles. The monoisotopic (exact) mass is 378 g/mol. The number of amides is 4. The van der Waals surface area contributed by atoms with Crippen LogP contribution in [0.2, 0.25) is 0 Å². The summed E-state index contributed by atoms with van der Waals surface area (Å²) in [6.07, 6.45) is 0.814. The van der Waals surface area contributed by atoms with E-state index in [2.05, 4.69) is 10.1 Å². The first-order valence-electron chi connectivity index (χ1n) is 9.05. The fourth-order valence-electron chi connectivity index (χ4n) is 3.84. The molecule has 3 heterocycles. The van der Waals surface area contributed by atoms with E-state index < -0.39 is 5.54 Å². The molecule has 0 N–H and O–H groups in total. The van der Waals surface area contributed by atoms with Crippen molar-refractivity contribution in [1.82, 2.24) is 29.5 Å². The van der Waals surface area contributed by atoms with Gasteiger partial charge >= 0.3 is 12.0 Å². The molecule has 2 saturated heterocycles. The quantitative estimate of drug-likeness (QED) is 0.701. The number of aryl methyl sites for hydroxylation is 1. The van der Waals surface area contributed by atoms with Crippen LogP contribution in [0, 0.1) is 5.92 Å².